The lowest BCUT2D eigenvalue weighted by molar-refractivity contribution is 1.29. The molecular formula is C16H10Cl3N3S. The van der Waals surface area contributed by atoms with Crippen molar-refractivity contribution < 1.29 is 0 Å². The van der Waals surface area contributed by atoms with Gasteiger partial charge >= 0.3 is 0 Å². The molecule has 0 atom stereocenters. The second-order valence-corrected chi connectivity index (χ2v) is 6.72. The van der Waals surface area contributed by atoms with Gasteiger partial charge < -0.3 is 0 Å². The molecule has 0 aliphatic heterocycles. The minimum atomic E-state index is 0.569. The number of halogens is 3. The van der Waals surface area contributed by atoms with Gasteiger partial charge in [-0.05, 0) is 35.9 Å². The Hall–Kier alpha value is -1.59. The molecule has 2 aromatic carbocycles. The number of rotatable bonds is 4. The van der Waals surface area contributed by atoms with Crippen molar-refractivity contribution in [3.63, 3.8) is 0 Å². The first-order valence-corrected chi connectivity index (χ1v) is 8.59. The third-order valence-electron chi connectivity index (χ3n) is 2.96. The van der Waals surface area contributed by atoms with Crippen LogP contribution in [-0.2, 0) is 0 Å². The zero-order chi connectivity index (χ0) is 16.2. The lowest BCUT2D eigenvalue weighted by Gasteiger charge is -2.00. The first-order chi connectivity index (χ1) is 11.1. The van der Waals surface area contributed by atoms with E-state index < -0.39 is 0 Å². The molecule has 0 aliphatic carbocycles. The molecule has 3 nitrogen and oxygen atoms in total. The number of aromatic nitrogens is 1. The van der Waals surface area contributed by atoms with E-state index in [4.69, 9.17) is 34.8 Å². The smallest absolute Gasteiger partial charge is 0.203 e. The highest BCUT2D eigenvalue weighted by atomic mass is 35.5. The summed E-state index contributed by atoms with van der Waals surface area (Å²) < 4.78 is 0. The summed E-state index contributed by atoms with van der Waals surface area (Å²) in [6.45, 7) is 0. The zero-order valence-electron chi connectivity index (χ0n) is 11.6. The van der Waals surface area contributed by atoms with Crippen LogP contribution in [-0.4, -0.2) is 11.2 Å². The number of hydrogen-bond acceptors (Lipinski definition) is 4. The topological polar surface area (TPSA) is 37.3 Å². The van der Waals surface area contributed by atoms with Crippen LogP contribution in [0.25, 0.3) is 11.3 Å². The summed E-state index contributed by atoms with van der Waals surface area (Å²) >= 11 is 19.4. The van der Waals surface area contributed by atoms with Gasteiger partial charge in [-0.2, -0.15) is 5.10 Å². The van der Waals surface area contributed by atoms with Gasteiger partial charge in [0, 0.05) is 21.0 Å². The molecule has 0 fully saturated rings. The van der Waals surface area contributed by atoms with Crippen molar-refractivity contribution in [3.8, 4) is 11.3 Å². The van der Waals surface area contributed by atoms with Gasteiger partial charge in [0.15, 0.2) is 0 Å². The molecule has 0 saturated carbocycles. The summed E-state index contributed by atoms with van der Waals surface area (Å²) in [4.78, 5) is 4.46. The predicted octanol–water partition coefficient (Wildman–Crippen LogP) is 6.22. The third-order valence-corrected chi connectivity index (χ3v) is 4.50. The Morgan fingerprint density at radius 3 is 2.48 bits per heavy atom. The molecule has 1 heterocycles. The van der Waals surface area contributed by atoms with Gasteiger partial charge in [0.05, 0.1) is 16.9 Å². The van der Waals surface area contributed by atoms with Crippen LogP contribution in [0.5, 0.6) is 0 Å². The van der Waals surface area contributed by atoms with Gasteiger partial charge in [-0.3, -0.25) is 5.43 Å². The number of anilines is 1. The van der Waals surface area contributed by atoms with Crippen LogP contribution in [0.4, 0.5) is 5.13 Å². The molecule has 1 aromatic heterocycles. The molecule has 0 radical (unpaired) electrons. The summed E-state index contributed by atoms with van der Waals surface area (Å²) in [5.74, 6) is 0. The van der Waals surface area contributed by atoms with Gasteiger partial charge in [-0.15, -0.1) is 11.3 Å². The van der Waals surface area contributed by atoms with Crippen LogP contribution in [0.2, 0.25) is 15.1 Å². The molecular weight excluding hydrogens is 373 g/mol. The highest BCUT2D eigenvalue weighted by molar-refractivity contribution is 7.14. The second-order valence-electron chi connectivity index (χ2n) is 4.58. The van der Waals surface area contributed by atoms with Gasteiger partial charge in [0.25, 0.3) is 0 Å². The normalized spacial score (nSPS) is 11.1. The van der Waals surface area contributed by atoms with Crippen molar-refractivity contribution in [2.45, 2.75) is 0 Å². The Balaban J connectivity index is 1.71. The first-order valence-electron chi connectivity index (χ1n) is 6.57. The summed E-state index contributed by atoms with van der Waals surface area (Å²) in [7, 11) is 0. The molecule has 0 unspecified atom stereocenters. The first kappa shape index (κ1) is 16.3. The Labute approximate surface area is 152 Å². The van der Waals surface area contributed by atoms with E-state index in [2.05, 4.69) is 15.5 Å². The van der Waals surface area contributed by atoms with Crippen molar-refractivity contribution in [3.05, 3.63) is 68.5 Å². The van der Waals surface area contributed by atoms with Crippen LogP contribution in [0.15, 0.2) is 52.9 Å². The maximum Gasteiger partial charge on any atom is 0.203 e. The van der Waals surface area contributed by atoms with Gasteiger partial charge in [0.1, 0.15) is 0 Å². The molecule has 7 heteroatoms. The number of benzene rings is 2. The molecule has 3 aromatic rings. The fourth-order valence-electron chi connectivity index (χ4n) is 1.86. The summed E-state index contributed by atoms with van der Waals surface area (Å²) in [6, 6.07) is 12.7. The van der Waals surface area contributed by atoms with Gasteiger partial charge in [0.2, 0.25) is 5.13 Å². The van der Waals surface area contributed by atoms with E-state index in [9.17, 15) is 0 Å². The molecule has 23 heavy (non-hydrogen) atoms. The van der Waals surface area contributed by atoms with E-state index in [0.717, 1.165) is 16.8 Å². The lowest BCUT2D eigenvalue weighted by atomic mass is 10.2. The van der Waals surface area contributed by atoms with Crippen molar-refractivity contribution >= 4 is 57.5 Å². The molecule has 3 rings (SSSR count). The minimum absolute atomic E-state index is 0.569. The van der Waals surface area contributed by atoms with Crippen molar-refractivity contribution in [2.24, 2.45) is 5.10 Å². The van der Waals surface area contributed by atoms with E-state index in [1.165, 1.54) is 11.3 Å². The number of nitrogens with zero attached hydrogens (tertiary/aromatic N) is 2. The molecule has 116 valence electrons. The largest absolute Gasteiger partial charge is 0.253 e. The predicted molar refractivity (Wildman–Crippen MR) is 100 cm³/mol. The summed E-state index contributed by atoms with van der Waals surface area (Å²) in [6.07, 6.45) is 1.70. The highest BCUT2D eigenvalue weighted by Crippen LogP contribution is 2.32. The Morgan fingerprint density at radius 1 is 1.00 bits per heavy atom. The average Bonchev–Trinajstić information content (AvgIpc) is 2.98. The van der Waals surface area contributed by atoms with Gasteiger partial charge in [-0.25, -0.2) is 4.98 Å². The minimum Gasteiger partial charge on any atom is -0.253 e. The van der Waals surface area contributed by atoms with E-state index in [1.807, 2.05) is 35.7 Å². The summed E-state index contributed by atoms with van der Waals surface area (Å²) in [5, 5.41) is 8.61. The van der Waals surface area contributed by atoms with Crippen LogP contribution >= 0.6 is 46.1 Å². The maximum absolute atomic E-state index is 6.19. The van der Waals surface area contributed by atoms with Crippen LogP contribution in [0.3, 0.4) is 0 Å². The zero-order valence-corrected chi connectivity index (χ0v) is 14.7. The highest BCUT2D eigenvalue weighted by Gasteiger charge is 2.08. The number of nitrogens with one attached hydrogen (secondary N) is 1. The Bertz CT molecular complexity index is 844. The number of hydrogen-bond donors (Lipinski definition) is 1. The van der Waals surface area contributed by atoms with Crippen molar-refractivity contribution in [1.29, 1.82) is 0 Å². The van der Waals surface area contributed by atoms with Gasteiger partial charge in [-0.1, -0.05) is 46.9 Å². The van der Waals surface area contributed by atoms with E-state index in [-0.39, 0.29) is 0 Å². The lowest BCUT2D eigenvalue weighted by Crippen LogP contribution is -1.90. The molecule has 0 saturated heterocycles. The molecule has 0 bridgehead atoms. The van der Waals surface area contributed by atoms with E-state index in [0.29, 0.717) is 20.2 Å². The molecule has 0 amide bonds. The summed E-state index contributed by atoms with van der Waals surface area (Å²) in [5.41, 5.74) is 5.46. The molecule has 1 N–H and O–H groups in total. The van der Waals surface area contributed by atoms with Crippen LogP contribution < -0.4 is 5.43 Å². The quantitative estimate of drug-likeness (QED) is 0.430. The molecule has 0 aliphatic rings. The second kappa shape index (κ2) is 7.32. The molecule has 0 spiro atoms. The Kier molecular flexibility index (Phi) is 5.18. The standard InChI is InChI=1S/C16H10Cl3N3S/c17-11-3-1-10(2-4-11)8-20-22-16-21-15(9-23-16)13-6-5-12(18)7-14(13)19/h1-9H,(H,21,22). The third kappa shape index (κ3) is 4.24. The average molecular weight is 383 g/mol. The SMILES string of the molecule is Clc1ccc(C=NNc2nc(-c3ccc(Cl)cc3Cl)cs2)cc1. The fourth-order valence-corrected chi connectivity index (χ4v) is 3.15. The number of hydrazone groups is 1. The monoisotopic (exact) mass is 381 g/mol. The fraction of sp³-hybridized carbons (Fsp3) is 0. The maximum atomic E-state index is 6.19. The Morgan fingerprint density at radius 2 is 1.74 bits per heavy atom. The number of thiazole rings is 1. The van der Waals surface area contributed by atoms with E-state index >= 15 is 0 Å². The van der Waals surface area contributed by atoms with Crippen LogP contribution in [0.1, 0.15) is 5.56 Å². The van der Waals surface area contributed by atoms with Crippen LogP contribution in [0, 0.1) is 0 Å². The van der Waals surface area contributed by atoms with E-state index in [1.54, 1.807) is 18.3 Å². The van der Waals surface area contributed by atoms with Crippen molar-refractivity contribution in [1.82, 2.24) is 4.98 Å². The van der Waals surface area contributed by atoms with Crippen molar-refractivity contribution in [2.75, 3.05) is 5.43 Å².